The molecule has 0 aliphatic rings. The molecule has 0 bridgehead atoms. The second-order valence-electron chi connectivity index (χ2n) is 5.31. The molecular weight excluding hydrogens is 308 g/mol. The Morgan fingerprint density at radius 2 is 2.00 bits per heavy atom. The minimum absolute atomic E-state index is 0.0642. The van der Waals surface area contributed by atoms with E-state index in [2.05, 4.69) is 28.5 Å². The van der Waals surface area contributed by atoms with Crippen molar-refractivity contribution in [2.24, 2.45) is 0 Å². The lowest BCUT2D eigenvalue weighted by Gasteiger charge is -2.02. The van der Waals surface area contributed by atoms with Gasteiger partial charge >= 0.3 is 0 Å². The van der Waals surface area contributed by atoms with Crippen LogP contribution < -0.4 is 5.32 Å². The lowest BCUT2D eigenvalue weighted by atomic mass is 10.1. The number of nitrogens with zero attached hydrogens (tertiary/aromatic N) is 3. The van der Waals surface area contributed by atoms with Gasteiger partial charge in [0.05, 0.1) is 11.6 Å². The van der Waals surface area contributed by atoms with Crippen LogP contribution in [-0.2, 0) is 17.6 Å². The van der Waals surface area contributed by atoms with Crippen LogP contribution in [0.4, 0.5) is 5.13 Å². The van der Waals surface area contributed by atoms with E-state index in [1.165, 1.54) is 24.2 Å². The molecule has 0 radical (unpaired) electrons. The van der Waals surface area contributed by atoms with E-state index in [0.29, 0.717) is 23.5 Å². The Balaban J connectivity index is 1.77. The fourth-order valence-corrected chi connectivity index (χ4v) is 2.91. The van der Waals surface area contributed by atoms with Gasteiger partial charge in [-0.2, -0.15) is 5.26 Å². The number of nitriles is 1. The van der Waals surface area contributed by atoms with Crippen molar-refractivity contribution in [1.29, 1.82) is 5.26 Å². The maximum Gasteiger partial charge on any atom is 0.226 e. The van der Waals surface area contributed by atoms with Gasteiger partial charge in [0, 0.05) is 12.8 Å². The highest BCUT2D eigenvalue weighted by molar-refractivity contribution is 7.15. The number of anilines is 1. The van der Waals surface area contributed by atoms with Crippen molar-refractivity contribution >= 4 is 22.4 Å². The number of carbonyl (C=O) groups is 1. The predicted octanol–water partition coefficient (Wildman–Crippen LogP) is 3.71. The van der Waals surface area contributed by atoms with E-state index in [1.807, 2.05) is 12.1 Å². The zero-order valence-electron chi connectivity index (χ0n) is 13.2. The van der Waals surface area contributed by atoms with Crippen molar-refractivity contribution in [1.82, 2.24) is 10.2 Å². The summed E-state index contributed by atoms with van der Waals surface area (Å²) < 4.78 is 0. The van der Waals surface area contributed by atoms with Gasteiger partial charge < -0.3 is 5.32 Å². The number of nitrogens with one attached hydrogen (secondary N) is 1. The maximum atomic E-state index is 12.0. The second kappa shape index (κ2) is 9.01. The Labute approximate surface area is 140 Å². The largest absolute Gasteiger partial charge is 0.301 e. The van der Waals surface area contributed by atoms with Gasteiger partial charge in [0.25, 0.3) is 0 Å². The zero-order valence-corrected chi connectivity index (χ0v) is 14.0. The fraction of sp³-hybridized carbons (Fsp3) is 0.412. The van der Waals surface area contributed by atoms with Crippen molar-refractivity contribution in [2.75, 3.05) is 5.32 Å². The number of rotatable bonds is 8. The Kier molecular flexibility index (Phi) is 6.70. The quantitative estimate of drug-likeness (QED) is 0.749. The van der Waals surface area contributed by atoms with Gasteiger partial charge in [0.15, 0.2) is 0 Å². The van der Waals surface area contributed by atoms with Crippen molar-refractivity contribution in [3.63, 3.8) is 0 Å². The summed E-state index contributed by atoms with van der Waals surface area (Å²) in [6.07, 6.45) is 5.42. The van der Waals surface area contributed by atoms with E-state index in [-0.39, 0.29) is 5.91 Å². The molecule has 0 fully saturated rings. The van der Waals surface area contributed by atoms with Gasteiger partial charge in [-0.1, -0.05) is 43.2 Å². The molecule has 1 aromatic heterocycles. The van der Waals surface area contributed by atoms with Gasteiger partial charge in [-0.25, -0.2) is 0 Å². The second-order valence-corrected chi connectivity index (χ2v) is 6.38. The van der Waals surface area contributed by atoms with E-state index >= 15 is 0 Å². The van der Waals surface area contributed by atoms with E-state index in [0.717, 1.165) is 23.4 Å². The molecule has 2 rings (SSSR count). The summed E-state index contributed by atoms with van der Waals surface area (Å²) in [5.41, 5.74) is 1.67. The van der Waals surface area contributed by atoms with Crippen LogP contribution in [-0.4, -0.2) is 16.1 Å². The lowest BCUT2D eigenvalue weighted by molar-refractivity contribution is -0.116. The molecule has 6 heteroatoms. The first kappa shape index (κ1) is 17.1. The third kappa shape index (κ3) is 5.80. The predicted molar refractivity (Wildman–Crippen MR) is 91.2 cm³/mol. The first-order valence-electron chi connectivity index (χ1n) is 7.82. The summed E-state index contributed by atoms with van der Waals surface area (Å²) in [4.78, 5) is 12.0. The summed E-state index contributed by atoms with van der Waals surface area (Å²) in [5, 5.41) is 21.2. The lowest BCUT2D eigenvalue weighted by Crippen LogP contribution is -2.12. The summed E-state index contributed by atoms with van der Waals surface area (Å²) in [6.45, 7) is 2.17. The van der Waals surface area contributed by atoms with Crippen LogP contribution in [0.2, 0.25) is 0 Å². The summed E-state index contributed by atoms with van der Waals surface area (Å²) in [7, 11) is 0. The van der Waals surface area contributed by atoms with Crippen LogP contribution in [0.25, 0.3) is 0 Å². The average molecular weight is 328 g/mol. The van der Waals surface area contributed by atoms with Crippen molar-refractivity contribution in [3.8, 4) is 6.07 Å². The van der Waals surface area contributed by atoms with Gasteiger partial charge in [0.2, 0.25) is 11.0 Å². The molecule has 0 spiro atoms. The molecule has 5 nitrogen and oxygen atoms in total. The molecule has 0 atom stereocenters. The Morgan fingerprint density at radius 3 is 2.70 bits per heavy atom. The van der Waals surface area contributed by atoms with Crippen LogP contribution in [0, 0.1) is 11.3 Å². The number of carbonyl (C=O) groups excluding carboxylic acids is 1. The minimum Gasteiger partial charge on any atom is -0.301 e. The van der Waals surface area contributed by atoms with Crippen LogP contribution in [0.15, 0.2) is 24.3 Å². The number of aryl methyl sites for hydroxylation is 2. The highest BCUT2D eigenvalue weighted by atomic mass is 32.1. The minimum atomic E-state index is -0.0642. The molecular formula is C17H20N4OS. The number of hydrogen-bond acceptors (Lipinski definition) is 5. The Hall–Kier alpha value is -2.26. The SMILES string of the molecule is CCCCCc1nnc(NC(=O)CCc2ccc(C#N)cc2)s1. The van der Waals surface area contributed by atoms with Gasteiger partial charge in [-0.15, -0.1) is 10.2 Å². The molecule has 23 heavy (non-hydrogen) atoms. The standard InChI is InChI=1S/C17H20N4OS/c1-2-3-4-5-16-20-21-17(23-16)19-15(22)11-10-13-6-8-14(12-18)9-7-13/h6-9H,2-5,10-11H2,1H3,(H,19,21,22). The first-order chi connectivity index (χ1) is 11.2. The molecule has 120 valence electrons. The molecule has 0 unspecified atom stereocenters. The highest BCUT2D eigenvalue weighted by Crippen LogP contribution is 2.18. The number of benzene rings is 1. The summed E-state index contributed by atoms with van der Waals surface area (Å²) >= 11 is 1.45. The normalized spacial score (nSPS) is 10.3. The average Bonchev–Trinajstić information content (AvgIpc) is 3.01. The van der Waals surface area contributed by atoms with E-state index in [1.54, 1.807) is 12.1 Å². The van der Waals surface area contributed by atoms with Crippen LogP contribution in [0.3, 0.4) is 0 Å². The van der Waals surface area contributed by atoms with Gasteiger partial charge in [-0.05, 0) is 30.5 Å². The van der Waals surface area contributed by atoms with Crippen molar-refractivity contribution < 1.29 is 4.79 Å². The van der Waals surface area contributed by atoms with Crippen LogP contribution >= 0.6 is 11.3 Å². The molecule has 1 heterocycles. The number of hydrogen-bond donors (Lipinski definition) is 1. The maximum absolute atomic E-state index is 12.0. The summed E-state index contributed by atoms with van der Waals surface area (Å²) in [5.74, 6) is -0.0642. The zero-order chi connectivity index (χ0) is 16.5. The number of aromatic nitrogens is 2. The van der Waals surface area contributed by atoms with Crippen molar-refractivity contribution in [3.05, 3.63) is 40.4 Å². The van der Waals surface area contributed by atoms with E-state index in [9.17, 15) is 4.79 Å². The highest BCUT2D eigenvalue weighted by Gasteiger charge is 2.08. The molecule has 0 saturated heterocycles. The molecule has 2 aromatic rings. The number of amides is 1. The van der Waals surface area contributed by atoms with Crippen molar-refractivity contribution in [2.45, 2.75) is 45.4 Å². The molecule has 1 aromatic carbocycles. The molecule has 0 aliphatic carbocycles. The molecule has 1 amide bonds. The first-order valence-corrected chi connectivity index (χ1v) is 8.64. The van der Waals surface area contributed by atoms with Gasteiger partial charge in [0.1, 0.15) is 5.01 Å². The third-order valence-electron chi connectivity index (χ3n) is 3.43. The molecule has 0 aliphatic heterocycles. The summed E-state index contributed by atoms with van der Waals surface area (Å²) in [6, 6.07) is 9.36. The van der Waals surface area contributed by atoms with E-state index < -0.39 is 0 Å². The topological polar surface area (TPSA) is 78.7 Å². The Bertz CT molecular complexity index is 673. The molecule has 1 N–H and O–H groups in total. The number of unbranched alkanes of at least 4 members (excludes halogenated alkanes) is 2. The molecule has 0 saturated carbocycles. The van der Waals surface area contributed by atoms with Gasteiger partial charge in [-0.3, -0.25) is 4.79 Å². The van der Waals surface area contributed by atoms with E-state index in [4.69, 9.17) is 5.26 Å². The monoisotopic (exact) mass is 328 g/mol. The van der Waals surface area contributed by atoms with Crippen LogP contribution in [0.5, 0.6) is 0 Å². The third-order valence-corrected chi connectivity index (χ3v) is 4.33. The fourth-order valence-electron chi connectivity index (χ4n) is 2.12. The smallest absolute Gasteiger partial charge is 0.226 e. The van der Waals surface area contributed by atoms with Crippen LogP contribution in [0.1, 0.15) is 48.7 Å². The Morgan fingerprint density at radius 1 is 1.22 bits per heavy atom.